The highest BCUT2D eigenvalue weighted by molar-refractivity contribution is 5.84. The van der Waals surface area contributed by atoms with Crippen LogP contribution in [0.3, 0.4) is 0 Å². The van der Waals surface area contributed by atoms with Crippen molar-refractivity contribution in [2.75, 3.05) is 6.67 Å². The molecule has 0 aromatic rings. The quantitative estimate of drug-likeness (QED) is 0.445. The van der Waals surface area contributed by atoms with E-state index in [1.54, 1.807) is 20.8 Å². The Morgan fingerprint density at radius 1 is 1.17 bits per heavy atom. The summed E-state index contributed by atoms with van der Waals surface area (Å²) >= 11 is 0. The van der Waals surface area contributed by atoms with Gasteiger partial charge in [-0.3, -0.25) is 5.43 Å². The second kappa shape index (κ2) is 6.15. The Balaban J connectivity index is 1.99. The van der Waals surface area contributed by atoms with Crippen LogP contribution in [0.2, 0.25) is 0 Å². The predicted octanol–water partition coefficient (Wildman–Crippen LogP) is 0.436. The minimum Gasteiger partial charge on any atom is -0.443 e. The van der Waals surface area contributed by atoms with Crippen molar-refractivity contribution in [2.24, 2.45) is 4.99 Å². The van der Waals surface area contributed by atoms with Gasteiger partial charge in [0.15, 0.2) is 12.0 Å². The lowest BCUT2D eigenvalue weighted by atomic mass is 10.2. The van der Waals surface area contributed by atoms with Crippen LogP contribution in [-0.4, -0.2) is 36.2 Å². The lowest BCUT2D eigenvalue weighted by molar-refractivity contribution is -0.0526. The fraction of sp³-hybridized carbons (Fsp3) is 0.714. The molecule has 0 radical (unpaired) electrons. The van der Waals surface area contributed by atoms with E-state index in [0.717, 1.165) is 5.70 Å². The van der Waals surface area contributed by atoms with Crippen molar-refractivity contribution in [3.05, 3.63) is 11.5 Å². The van der Waals surface area contributed by atoms with E-state index in [0.29, 0.717) is 18.4 Å². The monoisotopic (exact) mass is 326 g/mol. The van der Waals surface area contributed by atoms with E-state index in [1.807, 2.05) is 20.8 Å². The van der Waals surface area contributed by atoms with Gasteiger partial charge in [-0.1, -0.05) is 0 Å². The first-order valence-corrected chi connectivity index (χ1v) is 7.53. The van der Waals surface area contributed by atoms with Crippen LogP contribution in [0.15, 0.2) is 16.5 Å². The standard InChI is InChI=1S/C14H26N6O3/c1-13(2,3)22-10-8-9(16-7-15-8)17-11(18-10)19-20-12(21)23-14(4,5)6/h10,15-16H,7H2,1-6H3,(H,20,21)(H2,17,18,19). The molecule has 0 saturated carbocycles. The van der Waals surface area contributed by atoms with Crippen LogP contribution in [-0.2, 0) is 9.47 Å². The lowest BCUT2D eigenvalue weighted by Crippen LogP contribution is -2.56. The highest BCUT2D eigenvalue weighted by Crippen LogP contribution is 2.20. The maximum absolute atomic E-state index is 11.7. The fourth-order valence-corrected chi connectivity index (χ4v) is 1.98. The Morgan fingerprint density at radius 2 is 1.87 bits per heavy atom. The molecular weight excluding hydrogens is 300 g/mol. The number of guanidine groups is 1. The summed E-state index contributed by atoms with van der Waals surface area (Å²) in [5.41, 5.74) is 5.06. The van der Waals surface area contributed by atoms with Gasteiger partial charge in [-0.25, -0.2) is 10.2 Å². The molecular formula is C14H26N6O3. The molecule has 2 rings (SSSR count). The normalized spacial score (nSPS) is 20.6. The van der Waals surface area contributed by atoms with E-state index in [1.165, 1.54) is 0 Å². The molecule has 0 aromatic carbocycles. The van der Waals surface area contributed by atoms with Crippen molar-refractivity contribution in [3.63, 3.8) is 0 Å². The first-order chi connectivity index (χ1) is 10.5. The number of carbonyl (C=O) groups is 1. The van der Waals surface area contributed by atoms with Gasteiger partial charge >= 0.3 is 6.09 Å². The van der Waals surface area contributed by atoms with Crippen molar-refractivity contribution >= 4 is 12.1 Å². The Hall–Kier alpha value is -2.16. The van der Waals surface area contributed by atoms with Gasteiger partial charge in [0.05, 0.1) is 12.3 Å². The van der Waals surface area contributed by atoms with Gasteiger partial charge < -0.3 is 25.4 Å². The van der Waals surface area contributed by atoms with Gasteiger partial charge in [0.25, 0.3) is 0 Å². The molecule has 0 aromatic heterocycles. The number of hydrazine groups is 1. The molecule has 0 aliphatic carbocycles. The first kappa shape index (κ1) is 17.2. The van der Waals surface area contributed by atoms with Crippen molar-refractivity contribution < 1.29 is 14.3 Å². The zero-order valence-corrected chi connectivity index (χ0v) is 14.5. The number of nitrogens with zero attached hydrogens (tertiary/aromatic N) is 1. The van der Waals surface area contributed by atoms with Crippen LogP contribution in [0.4, 0.5) is 4.79 Å². The minimum atomic E-state index is -0.590. The molecule has 1 amide bonds. The van der Waals surface area contributed by atoms with Crippen LogP contribution in [0.5, 0.6) is 0 Å². The number of hydrogen-bond acceptors (Lipinski definition) is 8. The summed E-state index contributed by atoms with van der Waals surface area (Å²) in [7, 11) is 0. The number of carbonyl (C=O) groups excluding carboxylic acids is 1. The first-order valence-electron chi connectivity index (χ1n) is 7.53. The molecule has 0 bridgehead atoms. The second-order valence-corrected chi connectivity index (χ2v) is 7.26. The van der Waals surface area contributed by atoms with E-state index in [4.69, 9.17) is 9.47 Å². The largest absolute Gasteiger partial charge is 0.443 e. The number of nitrogens with one attached hydrogen (secondary N) is 5. The SMILES string of the molecule is CC(C)(C)OC(=O)NNC1=NC2=C(NCN2)C(OC(C)(C)C)N1. The van der Waals surface area contributed by atoms with E-state index in [2.05, 4.69) is 31.8 Å². The predicted molar refractivity (Wildman–Crippen MR) is 85.9 cm³/mol. The lowest BCUT2D eigenvalue weighted by Gasteiger charge is -2.32. The third kappa shape index (κ3) is 5.20. The molecule has 0 saturated heterocycles. The fourth-order valence-electron chi connectivity index (χ4n) is 1.98. The minimum absolute atomic E-state index is 0.346. The van der Waals surface area contributed by atoms with E-state index >= 15 is 0 Å². The van der Waals surface area contributed by atoms with Crippen molar-refractivity contribution in [3.8, 4) is 0 Å². The van der Waals surface area contributed by atoms with E-state index < -0.39 is 17.9 Å². The molecule has 9 heteroatoms. The molecule has 9 nitrogen and oxygen atoms in total. The number of ether oxygens (including phenoxy) is 2. The van der Waals surface area contributed by atoms with Gasteiger partial charge in [0, 0.05) is 0 Å². The van der Waals surface area contributed by atoms with Crippen LogP contribution >= 0.6 is 0 Å². The number of aliphatic imine (C=N–C) groups is 1. The molecule has 0 spiro atoms. The molecule has 130 valence electrons. The summed E-state index contributed by atoms with van der Waals surface area (Å²) in [6.45, 7) is 11.9. The summed E-state index contributed by atoms with van der Waals surface area (Å²) in [6, 6.07) is 0. The van der Waals surface area contributed by atoms with Gasteiger partial charge in [-0.2, -0.15) is 4.99 Å². The van der Waals surface area contributed by atoms with Gasteiger partial charge in [0.1, 0.15) is 11.3 Å². The van der Waals surface area contributed by atoms with Crippen LogP contribution in [0.25, 0.3) is 0 Å². The highest BCUT2D eigenvalue weighted by atomic mass is 16.6. The van der Waals surface area contributed by atoms with Crippen LogP contribution < -0.4 is 26.8 Å². The smallest absolute Gasteiger partial charge is 0.426 e. The number of amides is 1. The zero-order valence-electron chi connectivity index (χ0n) is 14.5. The molecule has 1 atom stereocenters. The molecule has 2 aliphatic rings. The number of hydrogen-bond donors (Lipinski definition) is 5. The van der Waals surface area contributed by atoms with Crippen molar-refractivity contribution in [1.82, 2.24) is 26.8 Å². The summed E-state index contributed by atoms with van der Waals surface area (Å²) in [6.07, 6.45) is -0.993. The van der Waals surface area contributed by atoms with Crippen molar-refractivity contribution in [1.29, 1.82) is 0 Å². The van der Waals surface area contributed by atoms with Gasteiger partial charge in [-0.15, -0.1) is 0 Å². The van der Waals surface area contributed by atoms with Crippen LogP contribution in [0, 0.1) is 0 Å². The van der Waals surface area contributed by atoms with Crippen LogP contribution in [0.1, 0.15) is 41.5 Å². The molecule has 2 aliphatic heterocycles. The maximum atomic E-state index is 11.7. The van der Waals surface area contributed by atoms with Crippen molar-refractivity contribution in [2.45, 2.75) is 59.0 Å². The molecule has 5 N–H and O–H groups in total. The highest BCUT2D eigenvalue weighted by Gasteiger charge is 2.32. The molecule has 1 unspecified atom stereocenters. The third-order valence-corrected chi connectivity index (χ3v) is 2.70. The van der Waals surface area contributed by atoms with E-state index in [-0.39, 0.29) is 5.60 Å². The summed E-state index contributed by atoms with van der Waals surface area (Å²) in [5.74, 6) is 1.03. The second-order valence-electron chi connectivity index (χ2n) is 7.26. The Morgan fingerprint density at radius 3 is 2.48 bits per heavy atom. The average molecular weight is 326 g/mol. The topological polar surface area (TPSA) is 108 Å². The summed E-state index contributed by atoms with van der Waals surface area (Å²) in [5, 5.41) is 9.37. The number of rotatable bonds is 1. The maximum Gasteiger partial charge on any atom is 0.426 e. The summed E-state index contributed by atoms with van der Waals surface area (Å²) in [4.78, 5) is 16.0. The Kier molecular flexibility index (Phi) is 4.60. The average Bonchev–Trinajstić information content (AvgIpc) is 2.81. The molecule has 0 fully saturated rings. The zero-order chi connectivity index (χ0) is 17.3. The van der Waals surface area contributed by atoms with Gasteiger partial charge in [0.2, 0.25) is 5.96 Å². The van der Waals surface area contributed by atoms with E-state index in [9.17, 15) is 4.79 Å². The Bertz CT molecular complexity index is 530. The third-order valence-electron chi connectivity index (χ3n) is 2.70. The molecule has 23 heavy (non-hydrogen) atoms. The Labute approximate surface area is 136 Å². The molecule has 2 heterocycles. The van der Waals surface area contributed by atoms with Gasteiger partial charge in [-0.05, 0) is 41.5 Å². The summed E-state index contributed by atoms with van der Waals surface area (Å²) < 4.78 is 11.1.